The third-order valence-corrected chi connectivity index (χ3v) is 11.5. The number of hydrogen-bond donors (Lipinski definition) is 0. The molecule has 0 radical (unpaired) electrons. The number of rotatable bonds is 4. The Bertz CT molecular complexity index is 3520. The van der Waals surface area contributed by atoms with Crippen molar-refractivity contribution in [1.82, 2.24) is 18.5 Å². The highest BCUT2D eigenvalue weighted by atomic mass is 32.2. The monoisotopic (exact) mass is 746 g/mol. The van der Waals surface area contributed by atoms with Crippen molar-refractivity contribution in [3.8, 4) is 17.1 Å². The maximum Gasteiger partial charge on any atom is 0.534 e. The standard InChI is InChI=1S/C44H25F3N4O3S/c45-44(46,47)55(52,53)54-28-23-24-29-32(25-28)43-48-33-19-9-12-22-36(33)51(43)42-37(29)40-38(30-17-7-10-20-34(30)49(40)26-13-3-1-4-14-26)41-39(42)31-18-8-11-21-35(31)50(41)27-15-5-2-6-16-27/h1-25H. The number of hydrogen-bond acceptors (Lipinski definition) is 4. The van der Waals surface area contributed by atoms with Gasteiger partial charge in [-0.3, -0.25) is 4.40 Å². The second kappa shape index (κ2) is 11.1. The first-order chi connectivity index (χ1) is 26.7. The van der Waals surface area contributed by atoms with Crippen molar-refractivity contribution in [1.29, 1.82) is 0 Å². The van der Waals surface area contributed by atoms with Gasteiger partial charge in [0.15, 0.2) is 0 Å². The predicted octanol–water partition coefficient (Wildman–Crippen LogP) is 11.2. The topological polar surface area (TPSA) is 70.5 Å². The smallest absolute Gasteiger partial charge is 0.376 e. The molecule has 0 fully saturated rings. The summed E-state index contributed by atoms with van der Waals surface area (Å²) in [4.78, 5) is 5.06. The Morgan fingerprint density at radius 2 is 1.00 bits per heavy atom. The van der Waals surface area contributed by atoms with Crippen LogP contribution in [0.2, 0.25) is 0 Å². The van der Waals surface area contributed by atoms with Gasteiger partial charge in [-0.2, -0.15) is 21.6 Å². The summed E-state index contributed by atoms with van der Waals surface area (Å²) in [5.41, 5.74) is 2.82. The molecule has 0 aliphatic heterocycles. The number of nitrogens with zero attached hydrogens (tertiary/aromatic N) is 4. The van der Waals surface area contributed by atoms with Gasteiger partial charge in [-0.1, -0.05) is 84.9 Å². The normalized spacial score (nSPS) is 12.8. The summed E-state index contributed by atoms with van der Waals surface area (Å²) >= 11 is 0. The Hall–Kier alpha value is -6.85. The van der Waals surface area contributed by atoms with Crippen molar-refractivity contribution in [2.45, 2.75) is 5.51 Å². The summed E-state index contributed by atoms with van der Waals surface area (Å²) in [5.74, 6) is -0.472. The van der Waals surface area contributed by atoms with Gasteiger partial charge in [-0.15, -0.1) is 0 Å². The fourth-order valence-electron chi connectivity index (χ4n) is 8.42. The van der Waals surface area contributed by atoms with E-state index < -0.39 is 21.4 Å². The molecule has 0 bridgehead atoms. The molecule has 0 atom stereocenters. The number of benzene rings is 7. The van der Waals surface area contributed by atoms with Crippen molar-refractivity contribution in [2.24, 2.45) is 0 Å². The van der Waals surface area contributed by atoms with Crippen molar-refractivity contribution >= 4 is 92.1 Å². The molecule has 0 amide bonds. The third-order valence-electron chi connectivity index (χ3n) is 10.5. The zero-order chi connectivity index (χ0) is 37.2. The molecule has 0 spiro atoms. The van der Waals surface area contributed by atoms with Crippen LogP contribution in [0.1, 0.15) is 0 Å². The van der Waals surface area contributed by atoms with E-state index in [0.717, 1.165) is 71.4 Å². The van der Waals surface area contributed by atoms with E-state index in [0.29, 0.717) is 21.9 Å². The molecule has 4 heterocycles. The Kier molecular flexibility index (Phi) is 6.38. The van der Waals surface area contributed by atoms with E-state index in [4.69, 9.17) is 9.17 Å². The van der Waals surface area contributed by atoms with E-state index in [-0.39, 0.29) is 0 Å². The summed E-state index contributed by atoms with van der Waals surface area (Å²) in [6, 6.07) is 48.7. The molecular formula is C44H25F3N4O3S. The summed E-state index contributed by atoms with van der Waals surface area (Å²) in [6.45, 7) is 0. The molecule has 7 aromatic carbocycles. The minimum atomic E-state index is -5.95. The van der Waals surface area contributed by atoms with Gasteiger partial charge in [-0.25, -0.2) is 4.98 Å². The molecule has 11 rings (SSSR count). The summed E-state index contributed by atoms with van der Waals surface area (Å²) in [7, 11) is -5.95. The van der Waals surface area contributed by atoms with Gasteiger partial charge in [0.2, 0.25) is 0 Å². The van der Waals surface area contributed by atoms with Crippen LogP contribution < -0.4 is 4.18 Å². The van der Waals surface area contributed by atoms with Gasteiger partial charge in [0.05, 0.1) is 38.6 Å². The Morgan fingerprint density at radius 3 is 1.58 bits per heavy atom. The van der Waals surface area contributed by atoms with E-state index in [2.05, 4.69) is 62.1 Å². The molecule has 11 aromatic rings. The van der Waals surface area contributed by atoms with Crippen LogP contribution in [0.4, 0.5) is 13.2 Å². The number of aromatic nitrogens is 4. The van der Waals surface area contributed by atoms with Gasteiger partial charge < -0.3 is 13.3 Å². The lowest BCUT2D eigenvalue weighted by Gasteiger charge is -2.17. The van der Waals surface area contributed by atoms with E-state index in [1.165, 1.54) is 12.1 Å². The van der Waals surface area contributed by atoms with Gasteiger partial charge >= 0.3 is 15.6 Å². The second-order valence-electron chi connectivity index (χ2n) is 13.5. The van der Waals surface area contributed by atoms with Crippen LogP contribution in [-0.4, -0.2) is 32.4 Å². The van der Waals surface area contributed by atoms with Gasteiger partial charge in [0.1, 0.15) is 11.4 Å². The highest BCUT2D eigenvalue weighted by Crippen LogP contribution is 2.50. The van der Waals surface area contributed by atoms with E-state index in [9.17, 15) is 21.6 Å². The number of para-hydroxylation sites is 6. The van der Waals surface area contributed by atoms with Crippen LogP contribution in [-0.2, 0) is 10.1 Å². The first kappa shape index (κ1) is 31.7. The number of pyridine rings is 1. The van der Waals surface area contributed by atoms with E-state index >= 15 is 0 Å². The zero-order valence-corrected chi connectivity index (χ0v) is 29.3. The summed E-state index contributed by atoms with van der Waals surface area (Å²) < 4.78 is 76.6. The lowest BCUT2D eigenvalue weighted by Crippen LogP contribution is -2.28. The van der Waals surface area contributed by atoms with Gasteiger partial charge in [0.25, 0.3) is 0 Å². The van der Waals surface area contributed by atoms with Crippen molar-refractivity contribution in [3.63, 3.8) is 0 Å². The SMILES string of the molecule is O=S(=O)(Oc1ccc2c(c1)c1nc3ccccc3n1c1c2c2c(c3ccccc3n2-c2ccccc2)c2c1c1ccccc1n2-c1ccccc1)C(F)(F)F. The molecule has 55 heavy (non-hydrogen) atoms. The van der Waals surface area contributed by atoms with Crippen molar-refractivity contribution in [3.05, 3.63) is 152 Å². The molecule has 0 saturated heterocycles. The largest absolute Gasteiger partial charge is 0.534 e. The van der Waals surface area contributed by atoms with Gasteiger partial charge in [0, 0.05) is 43.7 Å². The van der Waals surface area contributed by atoms with Crippen LogP contribution in [0.5, 0.6) is 5.75 Å². The molecule has 7 nitrogen and oxygen atoms in total. The molecule has 0 aliphatic rings. The van der Waals surface area contributed by atoms with Crippen LogP contribution in [0.25, 0.3) is 93.3 Å². The second-order valence-corrected chi connectivity index (χ2v) is 15.0. The number of imidazole rings is 1. The first-order valence-electron chi connectivity index (χ1n) is 17.5. The summed E-state index contributed by atoms with van der Waals surface area (Å²) in [6.07, 6.45) is 0. The molecule has 266 valence electrons. The third kappa shape index (κ3) is 4.32. The highest BCUT2D eigenvalue weighted by molar-refractivity contribution is 7.88. The lowest BCUT2D eigenvalue weighted by molar-refractivity contribution is -0.0500. The van der Waals surface area contributed by atoms with Crippen LogP contribution in [0, 0.1) is 0 Å². The maximum absolute atomic E-state index is 13.6. The zero-order valence-electron chi connectivity index (χ0n) is 28.5. The molecule has 4 aromatic heterocycles. The highest BCUT2D eigenvalue weighted by Gasteiger charge is 2.48. The van der Waals surface area contributed by atoms with Crippen LogP contribution in [0.3, 0.4) is 0 Å². The first-order valence-corrected chi connectivity index (χ1v) is 18.9. The lowest BCUT2D eigenvalue weighted by atomic mass is 9.98. The van der Waals surface area contributed by atoms with Crippen LogP contribution in [0.15, 0.2) is 152 Å². The molecule has 0 saturated carbocycles. The van der Waals surface area contributed by atoms with Gasteiger partial charge in [-0.05, 0) is 72.1 Å². The van der Waals surface area contributed by atoms with Crippen molar-refractivity contribution < 1.29 is 25.8 Å². The van der Waals surface area contributed by atoms with E-state index in [1.807, 2.05) is 84.9 Å². The fourth-order valence-corrected chi connectivity index (χ4v) is 8.88. The maximum atomic E-state index is 13.6. The molecule has 11 heteroatoms. The fraction of sp³-hybridized carbons (Fsp3) is 0.0227. The predicted molar refractivity (Wildman–Crippen MR) is 212 cm³/mol. The summed E-state index contributed by atoms with van der Waals surface area (Å²) in [5, 5.41) is 5.86. The van der Waals surface area contributed by atoms with E-state index in [1.54, 1.807) is 6.07 Å². The average Bonchev–Trinajstić information content (AvgIpc) is 3.86. The van der Waals surface area contributed by atoms with Crippen molar-refractivity contribution in [2.75, 3.05) is 0 Å². The average molecular weight is 747 g/mol. The molecule has 0 N–H and O–H groups in total. The van der Waals surface area contributed by atoms with Crippen LogP contribution >= 0.6 is 0 Å². The molecule has 0 unspecified atom stereocenters. The Labute approximate surface area is 309 Å². The molecular weight excluding hydrogens is 722 g/mol. The number of fused-ring (bicyclic) bond motifs is 17. The number of halogens is 3. The minimum Gasteiger partial charge on any atom is -0.376 e. The number of alkyl halides is 3. The Morgan fingerprint density at radius 1 is 0.509 bits per heavy atom. The Balaban J connectivity index is 1.49. The quantitative estimate of drug-likeness (QED) is 0.102. The molecule has 0 aliphatic carbocycles. The minimum absolute atomic E-state index is 0.427.